The summed E-state index contributed by atoms with van der Waals surface area (Å²) >= 11 is 0. The van der Waals surface area contributed by atoms with Gasteiger partial charge in [-0.1, -0.05) is 25.5 Å². The van der Waals surface area contributed by atoms with Gasteiger partial charge in [0, 0.05) is 33.0 Å². The van der Waals surface area contributed by atoms with Crippen LogP contribution in [0.1, 0.15) is 51.8 Å². The van der Waals surface area contributed by atoms with Gasteiger partial charge in [0.15, 0.2) is 0 Å². The summed E-state index contributed by atoms with van der Waals surface area (Å²) in [5.41, 5.74) is 1.49. The maximum atomic E-state index is 5.63. The summed E-state index contributed by atoms with van der Waals surface area (Å²) in [7, 11) is 1.82. The first-order valence-corrected chi connectivity index (χ1v) is 10.2. The number of likely N-dealkylation sites (tertiary alicyclic amines) is 1. The van der Waals surface area contributed by atoms with Crippen molar-refractivity contribution in [1.29, 1.82) is 0 Å². The number of methoxy groups -OCH3 is 1. The smallest absolute Gasteiger partial charge is 0.217 e. The van der Waals surface area contributed by atoms with E-state index in [1.165, 1.54) is 37.9 Å². The maximum Gasteiger partial charge on any atom is 0.217 e. The third-order valence-electron chi connectivity index (χ3n) is 6.38. The van der Waals surface area contributed by atoms with E-state index in [0.717, 1.165) is 18.9 Å². The first kappa shape index (κ1) is 19.6. The van der Waals surface area contributed by atoms with Gasteiger partial charge in [-0.05, 0) is 56.4 Å². The number of allylic oxidation sites excluding steroid dienone is 1. The summed E-state index contributed by atoms with van der Waals surface area (Å²) in [5, 5.41) is 8.20. The number of rotatable bonds is 7. The minimum Gasteiger partial charge on any atom is -0.426 e. The normalized spacial score (nSPS) is 30.2. The Morgan fingerprint density at radius 3 is 2.77 bits per heavy atom. The zero-order valence-corrected chi connectivity index (χ0v) is 17.1. The number of aromatic nitrogens is 2. The van der Waals surface area contributed by atoms with E-state index < -0.39 is 0 Å². The van der Waals surface area contributed by atoms with Crippen LogP contribution in [0.25, 0.3) is 0 Å². The Balaban J connectivity index is 1.70. The lowest BCUT2D eigenvalue weighted by molar-refractivity contribution is 0.0928. The molecule has 0 bridgehead atoms. The van der Waals surface area contributed by atoms with Gasteiger partial charge in [0.05, 0.1) is 6.61 Å². The van der Waals surface area contributed by atoms with E-state index >= 15 is 0 Å². The minimum absolute atomic E-state index is 0.520. The van der Waals surface area contributed by atoms with Crippen LogP contribution < -0.4 is 0 Å². The molecular formula is C21H35N3O2. The first-order chi connectivity index (χ1) is 12.5. The molecule has 0 N–H and O–H groups in total. The molecule has 0 radical (unpaired) electrons. The van der Waals surface area contributed by atoms with Gasteiger partial charge in [-0.2, -0.15) is 0 Å². The van der Waals surface area contributed by atoms with E-state index in [1.807, 2.05) is 14.0 Å². The predicted molar refractivity (Wildman–Crippen MR) is 103 cm³/mol. The van der Waals surface area contributed by atoms with Gasteiger partial charge in [0.2, 0.25) is 11.8 Å². The zero-order chi connectivity index (χ0) is 18.7. The Morgan fingerprint density at radius 2 is 2.12 bits per heavy atom. The average molecular weight is 362 g/mol. The van der Waals surface area contributed by atoms with Crippen molar-refractivity contribution in [2.75, 3.05) is 26.8 Å². The molecular weight excluding hydrogens is 326 g/mol. The Bertz CT molecular complexity index is 610. The topological polar surface area (TPSA) is 51.4 Å². The molecule has 0 spiro atoms. The maximum absolute atomic E-state index is 5.63. The van der Waals surface area contributed by atoms with Crippen LogP contribution in [-0.4, -0.2) is 47.9 Å². The van der Waals surface area contributed by atoms with Gasteiger partial charge in [-0.3, -0.25) is 4.90 Å². The van der Waals surface area contributed by atoms with Gasteiger partial charge >= 0.3 is 0 Å². The summed E-state index contributed by atoms with van der Waals surface area (Å²) in [5.74, 6) is 3.98. The molecule has 1 aromatic rings. The molecule has 0 unspecified atom stereocenters. The molecule has 5 heteroatoms. The number of aryl methyl sites for hydroxylation is 1. The fourth-order valence-electron chi connectivity index (χ4n) is 4.90. The van der Waals surface area contributed by atoms with Crippen molar-refractivity contribution < 1.29 is 9.15 Å². The summed E-state index contributed by atoms with van der Waals surface area (Å²) in [6.45, 7) is 12.1. The Hall–Kier alpha value is -1.20. The van der Waals surface area contributed by atoms with E-state index in [9.17, 15) is 0 Å². The van der Waals surface area contributed by atoms with Crippen molar-refractivity contribution in [3.8, 4) is 0 Å². The monoisotopic (exact) mass is 361 g/mol. The molecule has 1 aromatic heterocycles. The third kappa shape index (κ3) is 4.55. The van der Waals surface area contributed by atoms with Crippen LogP contribution in [0.2, 0.25) is 0 Å². The second-order valence-corrected chi connectivity index (χ2v) is 8.58. The molecule has 2 aliphatic rings. The standard InChI is InChI=1S/C21H35N3O2/c1-14(2)20-10-17(11-21-23-22-16(4)26-21)15(3)9-18(20)12-24-8-6-7-19(24)13-25-5/h9,14,17-20H,6-8,10-13H2,1-5H3/t17-,18-,19+,20-/m0/s1. The van der Waals surface area contributed by atoms with Crippen molar-refractivity contribution in [3.63, 3.8) is 0 Å². The highest BCUT2D eigenvalue weighted by molar-refractivity contribution is 5.14. The highest BCUT2D eigenvalue weighted by atomic mass is 16.5. The first-order valence-electron chi connectivity index (χ1n) is 10.2. The molecule has 0 aromatic carbocycles. The van der Waals surface area contributed by atoms with Gasteiger partial charge < -0.3 is 9.15 Å². The molecule has 5 nitrogen and oxygen atoms in total. The Labute approximate surface area is 158 Å². The fourth-order valence-corrected chi connectivity index (χ4v) is 4.90. The lowest BCUT2D eigenvalue weighted by Crippen LogP contribution is -2.41. The van der Waals surface area contributed by atoms with Crippen molar-refractivity contribution in [2.24, 2.45) is 23.7 Å². The molecule has 1 fully saturated rings. The van der Waals surface area contributed by atoms with Crippen molar-refractivity contribution >= 4 is 0 Å². The van der Waals surface area contributed by atoms with Crippen LogP contribution in [0, 0.1) is 30.6 Å². The molecule has 26 heavy (non-hydrogen) atoms. The predicted octanol–water partition coefficient (Wildman–Crippen LogP) is 3.89. The largest absolute Gasteiger partial charge is 0.426 e. The average Bonchev–Trinajstić information content (AvgIpc) is 3.19. The Kier molecular flexibility index (Phi) is 6.51. The van der Waals surface area contributed by atoms with E-state index in [1.54, 1.807) is 0 Å². The fraction of sp³-hybridized carbons (Fsp3) is 0.810. The molecule has 4 atom stereocenters. The molecule has 1 saturated heterocycles. The zero-order valence-electron chi connectivity index (χ0n) is 17.1. The van der Waals surface area contributed by atoms with Crippen LogP contribution in [-0.2, 0) is 11.2 Å². The summed E-state index contributed by atoms with van der Waals surface area (Å²) in [6.07, 6.45) is 7.21. The Morgan fingerprint density at radius 1 is 1.31 bits per heavy atom. The van der Waals surface area contributed by atoms with E-state index in [-0.39, 0.29) is 0 Å². The van der Waals surface area contributed by atoms with Crippen molar-refractivity contribution in [3.05, 3.63) is 23.4 Å². The summed E-state index contributed by atoms with van der Waals surface area (Å²) < 4.78 is 11.1. The van der Waals surface area contributed by atoms with E-state index in [4.69, 9.17) is 9.15 Å². The molecule has 2 heterocycles. The number of hydrogen-bond acceptors (Lipinski definition) is 5. The number of ether oxygens (including phenoxy) is 1. The van der Waals surface area contributed by atoms with Crippen LogP contribution >= 0.6 is 0 Å². The molecule has 0 saturated carbocycles. The van der Waals surface area contributed by atoms with Crippen LogP contribution in [0.3, 0.4) is 0 Å². The minimum atomic E-state index is 0.520. The van der Waals surface area contributed by atoms with Gasteiger partial charge in [0.1, 0.15) is 0 Å². The molecule has 1 aliphatic heterocycles. The third-order valence-corrected chi connectivity index (χ3v) is 6.38. The summed E-state index contributed by atoms with van der Waals surface area (Å²) in [6, 6.07) is 0.598. The molecule has 1 aliphatic carbocycles. The van der Waals surface area contributed by atoms with Crippen molar-refractivity contribution in [1.82, 2.24) is 15.1 Å². The number of nitrogens with zero attached hydrogens (tertiary/aromatic N) is 3. The molecule has 146 valence electrons. The quantitative estimate of drug-likeness (QED) is 0.690. The van der Waals surface area contributed by atoms with Gasteiger partial charge in [-0.15, -0.1) is 10.2 Å². The van der Waals surface area contributed by atoms with Crippen LogP contribution in [0.5, 0.6) is 0 Å². The van der Waals surface area contributed by atoms with Gasteiger partial charge in [0.25, 0.3) is 0 Å². The van der Waals surface area contributed by atoms with Gasteiger partial charge in [-0.25, -0.2) is 0 Å². The lowest BCUT2D eigenvalue weighted by Gasteiger charge is -2.39. The second kappa shape index (κ2) is 8.66. The molecule has 0 amide bonds. The van der Waals surface area contributed by atoms with Crippen LogP contribution in [0.4, 0.5) is 0 Å². The van der Waals surface area contributed by atoms with E-state index in [2.05, 4.69) is 41.9 Å². The van der Waals surface area contributed by atoms with Crippen molar-refractivity contribution in [2.45, 2.75) is 59.4 Å². The summed E-state index contributed by atoms with van der Waals surface area (Å²) in [4.78, 5) is 2.66. The van der Waals surface area contributed by atoms with E-state index in [0.29, 0.717) is 35.6 Å². The lowest BCUT2D eigenvalue weighted by atomic mass is 9.69. The second-order valence-electron chi connectivity index (χ2n) is 8.58. The SMILES string of the molecule is COC[C@H]1CCCN1C[C@@H]1C=C(C)[C@H](Cc2nnc(C)o2)C[C@H]1C(C)C. The highest BCUT2D eigenvalue weighted by Gasteiger charge is 2.35. The van der Waals surface area contributed by atoms with Crippen LogP contribution in [0.15, 0.2) is 16.1 Å². The number of hydrogen-bond donors (Lipinski definition) is 0. The highest BCUT2D eigenvalue weighted by Crippen LogP contribution is 2.40. The molecule has 3 rings (SSSR count).